The van der Waals surface area contributed by atoms with Crippen LogP contribution >= 0.6 is 0 Å². The van der Waals surface area contributed by atoms with Gasteiger partial charge in [-0.1, -0.05) is 6.07 Å². The number of rotatable bonds is 1. The number of hydrogen-bond donors (Lipinski definition) is 1. The Kier molecular flexibility index (Phi) is 2.20. The molecule has 0 atom stereocenters. The molecule has 1 aromatic heterocycles. The van der Waals surface area contributed by atoms with Crippen molar-refractivity contribution in [2.45, 2.75) is 19.3 Å². The summed E-state index contributed by atoms with van der Waals surface area (Å²) in [5.74, 6) is -0.376. The van der Waals surface area contributed by atoms with Crippen LogP contribution in [0.15, 0.2) is 27.4 Å². The van der Waals surface area contributed by atoms with E-state index in [1.54, 1.807) is 0 Å². The lowest BCUT2D eigenvalue weighted by Crippen LogP contribution is -2.29. The molecule has 84 valence electrons. The van der Waals surface area contributed by atoms with E-state index in [2.05, 4.69) is 9.88 Å². The van der Waals surface area contributed by atoms with Crippen LogP contribution in [0.5, 0.6) is 0 Å². The molecular weight excluding hydrogens is 204 g/mol. The molecule has 16 heavy (non-hydrogen) atoms. The second-order valence-corrected chi connectivity index (χ2v) is 4.21. The molecule has 0 amide bonds. The zero-order chi connectivity index (χ0) is 11.0. The lowest BCUT2D eigenvalue weighted by Gasteiger charge is -2.28. The summed E-state index contributed by atoms with van der Waals surface area (Å²) in [4.78, 5) is 16.3. The lowest BCUT2D eigenvalue weighted by atomic mass is 10.1. The number of aromatic amines is 1. The summed E-state index contributed by atoms with van der Waals surface area (Å²) in [5, 5.41) is 0. The Morgan fingerprint density at radius 2 is 2.00 bits per heavy atom. The smallest absolute Gasteiger partial charge is 0.408 e. The van der Waals surface area contributed by atoms with Crippen LogP contribution in [-0.4, -0.2) is 18.1 Å². The lowest BCUT2D eigenvalue weighted by molar-refractivity contribution is 0.555. The van der Waals surface area contributed by atoms with Crippen LogP contribution in [0.2, 0.25) is 0 Å². The Labute approximate surface area is 92.9 Å². The molecule has 1 aliphatic heterocycles. The third kappa shape index (κ3) is 1.50. The first-order valence-corrected chi connectivity index (χ1v) is 5.71. The van der Waals surface area contributed by atoms with Gasteiger partial charge in [0.15, 0.2) is 5.58 Å². The molecule has 2 heterocycles. The minimum atomic E-state index is -0.376. The van der Waals surface area contributed by atoms with Crippen LogP contribution < -0.4 is 10.7 Å². The van der Waals surface area contributed by atoms with Gasteiger partial charge in [-0.05, 0) is 31.4 Å². The van der Waals surface area contributed by atoms with E-state index >= 15 is 0 Å². The number of piperidine rings is 1. The molecule has 1 saturated heterocycles. The van der Waals surface area contributed by atoms with Crippen molar-refractivity contribution in [2.24, 2.45) is 0 Å². The number of benzene rings is 1. The van der Waals surface area contributed by atoms with E-state index < -0.39 is 0 Å². The van der Waals surface area contributed by atoms with Crippen LogP contribution in [0.3, 0.4) is 0 Å². The topological polar surface area (TPSA) is 49.2 Å². The van der Waals surface area contributed by atoms with Crippen LogP contribution in [0, 0.1) is 0 Å². The number of nitrogens with one attached hydrogen (secondary N) is 1. The normalized spacial score (nSPS) is 16.9. The predicted molar refractivity (Wildman–Crippen MR) is 62.9 cm³/mol. The summed E-state index contributed by atoms with van der Waals surface area (Å²) < 4.78 is 5.06. The maximum atomic E-state index is 11.2. The van der Waals surface area contributed by atoms with Gasteiger partial charge < -0.3 is 9.32 Å². The molecule has 1 fully saturated rings. The Morgan fingerprint density at radius 3 is 2.81 bits per heavy atom. The summed E-state index contributed by atoms with van der Waals surface area (Å²) in [7, 11) is 0. The number of H-pyrrole nitrogens is 1. The summed E-state index contributed by atoms with van der Waals surface area (Å²) in [6, 6.07) is 5.79. The predicted octanol–water partition coefficient (Wildman–Crippen LogP) is 2.11. The molecule has 1 aliphatic rings. The third-order valence-corrected chi connectivity index (χ3v) is 3.13. The van der Waals surface area contributed by atoms with Crippen LogP contribution in [0.4, 0.5) is 5.69 Å². The van der Waals surface area contributed by atoms with Gasteiger partial charge in [0.25, 0.3) is 0 Å². The Balaban J connectivity index is 2.11. The minimum Gasteiger partial charge on any atom is -0.408 e. The monoisotopic (exact) mass is 218 g/mol. The van der Waals surface area contributed by atoms with Gasteiger partial charge in [-0.3, -0.25) is 4.98 Å². The highest BCUT2D eigenvalue weighted by molar-refractivity contribution is 5.87. The van der Waals surface area contributed by atoms with Gasteiger partial charge in [0, 0.05) is 13.1 Å². The molecule has 2 aromatic rings. The summed E-state index contributed by atoms with van der Waals surface area (Å²) >= 11 is 0. The highest BCUT2D eigenvalue weighted by Crippen LogP contribution is 2.26. The molecule has 0 bridgehead atoms. The van der Waals surface area contributed by atoms with Crippen molar-refractivity contribution >= 4 is 16.8 Å². The number of hydrogen-bond acceptors (Lipinski definition) is 3. The standard InChI is InChI=1S/C12H14N2O2/c15-12-13-11-9(5-4-6-10(11)16-12)14-7-2-1-3-8-14/h4-6H,1-3,7-8H2,(H,13,15). The molecule has 3 rings (SSSR count). The van der Waals surface area contributed by atoms with Gasteiger partial charge in [0.2, 0.25) is 0 Å². The number of anilines is 1. The van der Waals surface area contributed by atoms with Crippen molar-refractivity contribution in [3.63, 3.8) is 0 Å². The molecule has 4 nitrogen and oxygen atoms in total. The minimum absolute atomic E-state index is 0.376. The van der Waals surface area contributed by atoms with Gasteiger partial charge in [-0.15, -0.1) is 0 Å². The number of fused-ring (bicyclic) bond motifs is 1. The van der Waals surface area contributed by atoms with Gasteiger partial charge >= 0.3 is 5.76 Å². The van der Waals surface area contributed by atoms with Crippen molar-refractivity contribution < 1.29 is 4.42 Å². The fourth-order valence-electron chi connectivity index (χ4n) is 2.36. The Morgan fingerprint density at radius 1 is 1.19 bits per heavy atom. The molecular formula is C12H14N2O2. The quantitative estimate of drug-likeness (QED) is 0.797. The maximum Gasteiger partial charge on any atom is 0.417 e. The van der Waals surface area contributed by atoms with E-state index in [0.29, 0.717) is 5.58 Å². The Hall–Kier alpha value is -1.71. The number of oxazole rings is 1. The van der Waals surface area contributed by atoms with Gasteiger partial charge in [-0.25, -0.2) is 4.79 Å². The average Bonchev–Trinajstić information content (AvgIpc) is 2.70. The Bertz CT molecular complexity index is 549. The van der Waals surface area contributed by atoms with E-state index in [-0.39, 0.29) is 5.76 Å². The first-order valence-electron chi connectivity index (χ1n) is 5.71. The molecule has 1 aromatic carbocycles. The number of aromatic nitrogens is 1. The fraction of sp³-hybridized carbons (Fsp3) is 0.417. The van der Waals surface area contributed by atoms with Crippen molar-refractivity contribution in [3.05, 3.63) is 28.7 Å². The van der Waals surface area contributed by atoms with Gasteiger partial charge in [0.1, 0.15) is 5.52 Å². The fourth-order valence-corrected chi connectivity index (χ4v) is 2.36. The first kappa shape index (κ1) is 9.51. The second-order valence-electron chi connectivity index (χ2n) is 4.21. The SMILES string of the molecule is O=c1[nH]c2c(N3CCCCC3)cccc2o1. The molecule has 0 saturated carbocycles. The van der Waals surface area contributed by atoms with Crippen LogP contribution in [0.1, 0.15) is 19.3 Å². The maximum absolute atomic E-state index is 11.2. The van der Waals surface area contributed by atoms with Gasteiger partial charge in [0.05, 0.1) is 5.69 Å². The summed E-state index contributed by atoms with van der Waals surface area (Å²) in [6.07, 6.45) is 3.74. The highest BCUT2D eigenvalue weighted by Gasteiger charge is 2.15. The molecule has 0 spiro atoms. The van der Waals surface area contributed by atoms with E-state index in [1.807, 2.05) is 18.2 Å². The second kappa shape index (κ2) is 3.70. The van der Waals surface area contributed by atoms with Crippen molar-refractivity contribution in [2.75, 3.05) is 18.0 Å². The molecule has 0 unspecified atom stereocenters. The van der Waals surface area contributed by atoms with Crippen molar-refractivity contribution in [1.29, 1.82) is 0 Å². The zero-order valence-corrected chi connectivity index (χ0v) is 9.03. The zero-order valence-electron chi connectivity index (χ0n) is 9.03. The van der Waals surface area contributed by atoms with Crippen LogP contribution in [0.25, 0.3) is 11.1 Å². The van der Waals surface area contributed by atoms with Crippen molar-refractivity contribution in [3.8, 4) is 0 Å². The largest absolute Gasteiger partial charge is 0.417 e. The average molecular weight is 218 g/mol. The van der Waals surface area contributed by atoms with Crippen molar-refractivity contribution in [1.82, 2.24) is 4.98 Å². The molecule has 0 aliphatic carbocycles. The van der Waals surface area contributed by atoms with Gasteiger partial charge in [-0.2, -0.15) is 0 Å². The molecule has 0 radical (unpaired) electrons. The summed E-state index contributed by atoms with van der Waals surface area (Å²) in [5.41, 5.74) is 2.56. The molecule has 4 heteroatoms. The number of nitrogens with zero attached hydrogens (tertiary/aromatic N) is 1. The highest BCUT2D eigenvalue weighted by atomic mass is 16.4. The van der Waals surface area contributed by atoms with Crippen LogP contribution in [-0.2, 0) is 0 Å². The van der Waals surface area contributed by atoms with E-state index in [1.165, 1.54) is 19.3 Å². The number of para-hydroxylation sites is 1. The first-order chi connectivity index (χ1) is 7.84. The van der Waals surface area contributed by atoms with E-state index in [9.17, 15) is 4.79 Å². The third-order valence-electron chi connectivity index (χ3n) is 3.13. The van der Waals surface area contributed by atoms with E-state index in [4.69, 9.17) is 4.42 Å². The van der Waals surface area contributed by atoms with E-state index in [0.717, 1.165) is 24.3 Å². The molecule has 1 N–H and O–H groups in total. The summed E-state index contributed by atoms with van der Waals surface area (Å²) in [6.45, 7) is 2.12.